The Morgan fingerprint density at radius 2 is 2.00 bits per heavy atom. The summed E-state index contributed by atoms with van der Waals surface area (Å²) in [5, 5.41) is 0. The summed E-state index contributed by atoms with van der Waals surface area (Å²) in [6.07, 6.45) is -5.35. The molecule has 1 heterocycles. The third-order valence-electron chi connectivity index (χ3n) is 2.30. The summed E-state index contributed by atoms with van der Waals surface area (Å²) < 4.78 is 55.4. The van der Waals surface area contributed by atoms with Gasteiger partial charge in [-0.15, -0.1) is 0 Å². The van der Waals surface area contributed by atoms with Crippen molar-refractivity contribution in [2.24, 2.45) is 10.7 Å². The molecule has 0 aliphatic carbocycles. The zero-order valence-electron chi connectivity index (χ0n) is 8.46. The van der Waals surface area contributed by atoms with Crippen molar-refractivity contribution < 1.29 is 22.3 Å². The molecule has 1 atom stereocenters. The minimum absolute atomic E-state index is 0.0709. The highest BCUT2D eigenvalue weighted by Gasteiger charge is 2.32. The van der Waals surface area contributed by atoms with Crippen LogP contribution in [0.25, 0.3) is 0 Å². The van der Waals surface area contributed by atoms with E-state index in [2.05, 4.69) is 4.99 Å². The van der Waals surface area contributed by atoms with E-state index in [1.807, 2.05) is 0 Å². The molecule has 1 aliphatic heterocycles. The third-order valence-corrected chi connectivity index (χ3v) is 2.30. The maximum Gasteiger partial charge on any atom is 0.416 e. The van der Waals surface area contributed by atoms with Crippen LogP contribution in [0.15, 0.2) is 23.2 Å². The standard InChI is InChI=1S/C10H8F4N2O/c11-7-2-5(8-4-16-9(15)17-8)1-6(3-7)10(12,13)14/h1-3,8H,4H2,(H2,15,16). The average molecular weight is 248 g/mol. The Labute approximate surface area is 93.9 Å². The van der Waals surface area contributed by atoms with Gasteiger partial charge in [0.25, 0.3) is 6.02 Å². The van der Waals surface area contributed by atoms with Crippen LogP contribution < -0.4 is 5.73 Å². The van der Waals surface area contributed by atoms with Crippen LogP contribution in [0.5, 0.6) is 0 Å². The number of halogens is 4. The fourth-order valence-corrected chi connectivity index (χ4v) is 1.53. The van der Waals surface area contributed by atoms with Gasteiger partial charge in [-0.25, -0.2) is 9.38 Å². The Bertz CT molecular complexity index is 470. The summed E-state index contributed by atoms with van der Waals surface area (Å²) in [5.74, 6) is -0.969. The minimum Gasteiger partial charge on any atom is -0.455 e. The zero-order valence-corrected chi connectivity index (χ0v) is 8.46. The predicted molar refractivity (Wildman–Crippen MR) is 51.7 cm³/mol. The lowest BCUT2D eigenvalue weighted by Crippen LogP contribution is -2.14. The topological polar surface area (TPSA) is 47.6 Å². The van der Waals surface area contributed by atoms with Gasteiger partial charge in [-0.05, 0) is 23.8 Å². The van der Waals surface area contributed by atoms with Crippen molar-refractivity contribution in [2.45, 2.75) is 12.3 Å². The van der Waals surface area contributed by atoms with Crippen LogP contribution in [-0.4, -0.2) is 12.6 Å². The van der Waals surface area contributed by atoms with Crippen molar-refractivity contribution in [1.82, 2.24) is 0 Å². The number of nitrogens with two attached hydrogens (primary N) is 1. The van der Waals surface area contributed by atoms with Crippen molar-refractivity contribution in [3.8, 4) is 0 Å². The van der Waals surface area contributed by atoms with E-state index < -0.39 is 23.7 Å². The molecule has 0 spiro atoms. The van der Waals surface area contributed by atoms with Crippen LogP contribution in [0.2, 0.25) is 0 Å². The minimum atomic E-state index is -4.60. The first kappa shape index (κ1) is 11.7. The lowest BCUT2D eigenvalue weighted by Gasteiger charge is -2.13. The summed E-state index contributed by atoms with van der Waals surface area (Å²) in [6.45, 7) is 0.0899. The van der Waals surface area contributed by atoms with Crippen LogP contribution in [0.3, 0.4) is 0 Å². The van der Waals surface area contributed by atoms with Gasteiger partial charge < -0.3 is 10.5 Å². The van der Waals surface area contributed by atoms with Gasteiger partial charge in [0.15, 0.2) is 0 Å². The van der Waals surface area contributed by atoms with Crippen molar-refractivity contribution in [3.05, 3.63) is 35.1 Å². The Morgan fingerprint density at radius 1 is 1.29 bits per heavy atom. The molecule has 2 rings (SSSR count). The number of rotatable bonds is 1. The molecule has 92 valence electrons. The molecule has 2 N–H and O–H groups in total. The second-order valence-electron chi connectivity index (χ2n) is 3.56. The maximum absolute atomic E-state index is 13.1. The number of aliphatic imine (C=N–C) groups is 1. The molecular formula is C10H8F4N2O. The molecule has 3 nitrogen and oxygen atoms in total. The van der Waals surface area contributed by atoms with Gasteiger partial charge in [-0.2, -0.15) is 13.2 Å². The molecule has 1 unspecified atom stereocenters. The summed E-state index contributed by atoms with van der Waals surface area (Å²) in [6, 6.07) is 2.14. The predicted octanol–water partition coefficient (Wildman–Crippen LogP) is 2.23. The molecule has 0 amide bonds. The van der Waals surface area contributed by atoms with Crippen molar-refractivity contribution >= 4 is 6.02 Å². The number of hydrogen-bond acceptors (Lipinski definition) is 3. The largest absolute Gasteiger partial charge is 0.455 e. The highest BCUT2D eigenvalue weighted by Crippen LogP contribution is 2.33. The zero-order chi connectivity index (χ0) is 12.6. The van der Waals surface area contributed by atoms with E-state index >= 15 is 0 Å². The molecular weight excluding hydrogens is 240 g/mol. The highest BCUT2D eigenvalue weighted by atomic mass is 19.4. The van der Waals surface area contributed by atoms with Gasteiger partial charge in [0.2, 0.25) is 0 Å². The van der Waals surface area contributed by atoms with Gasteiger partial charge in [0, 0.05) is 0 Å². The second-order valence-corrected chi connectivity index (χ2v) is 3.56. The first-order chi connectivity index (χ1) is 7.86. The molecule has 0 aromatic heterocycles. The van der Waals surface area contributed by atoms with Gasteiger partial charge in [0.1, 0.15) is 11.9 Å². The molecule has 17 heavy (non-hydrogen) atoms. The van der Waals surface area contributed by atoms with E-state index in [0.29, 0.717) is 6.07 Å². The van der Waals surface area contributed by atoms with E-state index in [-0.39, 0.29) is 18.1 Å². The van der Waals surface area contributed by atoms with Crippen LogP contribution in [0, 0.1) is 5.82 Å². The molecule has 0 saturated carbocycles. The Balaban J connectivity index is 2.33. The van der Waals surface area contributed by atoms with Crippen LogP contribution >= 0.6 is 0 Å². The Hall–Kier alpha value is -1.79. The number of alkyl halides is 3. The monoisotopic (exact) mass is 248 g/mol. The Morgan fingerprint density at radius 3 is 2.53 bits per heavy atom. The maximum atomic E-state index is 13.1. The van der Waals surface area contributed by atoms with Crippen molar-refractivity contribution in [2.75, 3.05) is 6.54 Å². The summed E-state index contributed by atoms with van der Waals surface area (Å²) >= 11 is 0. The van der Waals surface area contributed by atoms with E-state index in [4.69, 9.17) is 10.5 Å². The number of hydrogen-bond donors (Lipinski definition) is 1. The fourth-order valence-electron chi connectivity index (χ4n) is 1.53. The molecule has 1 aromatic carbocycles. The lowest BCUT2D eigenvalue weighted by molar-refractivity contribution is -0.137. The summed E-state index contributed by atoms with van der Waals surface area (Å²) in [5.41, 5.74) is 4.25. The fraction of sp³-hybridized carbons (Fsp3) is 0.300. The van der Waals surface area contributed by atoms with Gasteiger partial charge in [0.05, 0.1) is 12.1 Å². The van der Waals surface area contributed by atoms with Crippen LogP contribution in [-0.2, 0) is 10.9 Å². The molecule has 1 aromatic rings. The van der Waals surface area contributed by atoms with Crippen molar-refractivity contribution in [3.63, 3.8) is 0 Å². The van der Waals surface area contributed by atoms with Crippen LogP contribution in [0.4, 0.5) is 17.6 Å². The van der Waals surface area contributed by atoms with E-state index in [0.717, 1.165) is 12.1 Å². The first-order valence-corrected chi connectivity index (χ1v) is 4.70. The number of amidine groups is 1. The molecule has 0 radical (unpaired) electrons. The van der Waals surface area contributed by atoms with E-state index in [1.54, 1.807) is 0 Å². The SMILES string of the molecule is NC1=NCC(c2cc(F)cc(C(F)(F)F)c2)O1. The molecule has 7 heteroatoms. The van der Waals surface area contributed by atoms with Gasteiger partial charge >= 0.3 is 6.18 Å². The summed E-state index contributed by atoms with van der Waals surface area (Å²) in [4.78, 5) is 3.68. The number of nitrogens with zero attached hydrogens (tertiary/aromatic N) is 1. The molecule has 0 fully saturated rings. The quantitative estimate of drug-likeness (QED) is 0.775. The van der Waals surface area contributed by atoms with Crippen LogP contribution in [0.1, 0.15) is 17.2 Å². The van der Waals surface area contributed by atoms with E-state index in [9.17, 15) is 17.6 Å². The van der Waals surface area contributed by atoms with Gasteiger partial charge in [-0.1, -0.05) is 0 Å². The highest BCUT2D eigenvalue weighted by molar-refractivity contribution is 5.73. The average Bonchev–Trinajstić information content (AvgIpc) is 2.62. The van der Waals surface area contributed by atoms with Crippen molar-refractivity contribution in [1.29, 1.82) is 0 Å². The first-order valence-electron chi connectivity index (χ1n) is 4.70. The third kappa shape index (κ3) is 2.48. The molecule has 0 saturated heterocycles. The Kier molecular flexibility index (Phi) is 2.68. The van der Waals surface area contributed by atoms with Gasteiger partial charge in [-0.3, -0.25) is 0 Å². The molecule has 0 bridgehead atoms. The molecule has 1 aliphatic rings. The number of ether oxygens (including phenoxy) is 1. The normalized spacial score (nSPS) is 20.0. The number of benzene rings is 1. The second kappa shape index (κ2) is 3.90. The van der Waals surface area contributed by atoms with E-state index in [1.165, 1.54) is 0 Å². The lowest BCUT2D eigenvalue weighted by atomic mass is 10.1. The smallest absolute Gasteiger partial charge is 0.416 e. The summed E-state index contributed by atoms with van der Waals surface area (Å²) in [7, 11) is 0.